The molecule has 1 aromatic carbocycles. The van der Waals surface area contributed by atoms with Gasteiger partial charge in [0.15, 0.2) is 0 Å². The number of urea groups is 1. The van der Waals surface area contributed by atoms with Gasteiger partial charge in [0, 0.05) is 19.1 Å². The Hall–Kier alpha value is -2.41. The zero-order valence-corrected chi connectivity index (χ0v) is 14.5. The van der Waals surface area contributed by atoms with Crippen LogP contribution in [0.1, 0.15) is 24.0 Å². The van der Waals surface area contributed by atoms with Gasteiger partial charge >= 0.3 is 6.03 Å². The number of hydrogen-bond acceptors (Lipinski definition) is 3. The fraction of sp³-hybridized carbons (Fsp3) is 0.333. The Kier molecular flexibility index (Phi) is 5.65. The second-order valence-electron chi connectivity index (χ2n) is 6.05. The van der Waals surface area contributed by atoms with Crippen molar-refractivity contribution in [3.63, 3.8) is 0 Å². The number of nitrogens with zero attached hydrogens (tertiary/aromatic N) is 1. The monoisotopic (exact) mass is 361 g/mol. The molecule has 25 heavy (non-hydrogen) atoms. The average molecular weight is 361 g/mol. The SMILES string of the molecule is O=C(NCC(=O)N(Cc1ccsc1)C1CC1)NCc1ccc(F)cc1. The normalized spacial score (nSPS) is 13.3. The van der Waals surface area contributed by atoms with E-state index in [1.54, 1.807) is 23.5 Å². The fourth-order valence-electron chi connectivity index (χ4n) is 2.49. The summed E-state index contributed by atoms with van der Waals surface area (Å²) in [5.41, 5.74) is 1.91. The van der Waals surface area contributed by atoms with Crippen LogP contribution >= 0.6 is 11.3 Å². The van der Waals surface area contributed by atoms with E-state index < -0.39 is 6.03 Å². The van der Waals surface area contributed by atoms with Crippen LogP contribution in [0.2, 0.25) is 0 Å². The van der Waals surface area contributed by atoms with E-state index in [1.165, 1.54) is 12.1 Å². The molecule has 0 bridgehead atoms. The van der Waals surface area contributed by atoms with Gasteiger partial charge in [-0.2, -0.15) is 11.3 Å². The molecule has 0 spiro atoms. The molecule has 1 saturated carbocycles. The van der Waals surface area contributed by atoms with Crippen LogP contribution in [-0.4, -0.2) is 29.4 Å². The van der Waals surface area contributed by atoms with Crippen LogP contribution in [-0.2, 0) is 17.9 Å². The molecular weight excluding hydrogens is 341 g/mol. The number of amides is 3. The summed E-state index contributed by atoms with van der Waals surface area (Å²) in [5, 5.41) is 9.28. The maximum Gasteiger partial charge on any atom is 0.315 e. The van der Waals surface area contributed by atoms with Crippen molar-refractivity contribution >= 4 is 23.3 Å². The van der Waals surface area contributed by atoms with Gasteiger partial charge in [0.05, 0.1) is 6.54 Å². The molecule has 5 nitrogen and oxygen atoms in total. The van der Waals surface area contributed by atoms with E-state index in [0.717, 1.165) is 24.0 Å². The molecule has 3 amide bonds. The summed E-state index contributed by atoms with van der Waals surface area (Å²) < 4.78 is 12.8. The van der Waals surface area contributed by atoms with Crippen molar-refractivity contribution in [2.45, 2.75) is 32.0 Å². The van der Waals surface area contributed by atoms with E-state index in [4.69, 9.17) is 0 Å². The van der Waals surface area contributed by atoms with Gasteiger partial charge in [-0.05, 0) is 52.9 Å². The van der Waals surface area contributed by atoms with Crippen molar-refractivity contribution in [2.75, 3.05) is 6.54 Å². The predicted molar refractivity (Wildman–Crippen MR) is 94.5 cm³/mol. The van der Waals surface area contributed by atoms with E-state index >= 15 is 0 Å². The number of nitrogens with one attached hydrogen (secondary N) is 2. The lowest BCUT2D eigenvalue weighted by Crippen LogP contribution is -2.44. The summed E-state index contributed by atoms with van der Waals surface area (Å²) in [6, 6.07) is 7.79. The van der Waals surface area contributed by atoms with Crippen LogP contribution in [0.3, 0.4) is 0 Å². The Labute approximate surface area is 149 Å². The summed E-state index contributed by atoms with van der Waals surface area (Å²) in [6.07, 6.45) is 2.04. The minimum atomic E-state index is -0.413. The molecule has 1 fully saturated rings. The first kappa shape index (κ1) is 17.4. The predicted octanol–water partition coefficient (Wildman–Crippen LogP) is 2.88. The highest BCUT2D eigenvalue weighted by atomic mass is 32.1. The second-order valence-corrected chi connectivity index (χ2v) is 6.83. The molecule has 0 radical (unpaired) electrons. The Balaban J connectivity index is 1.43. The van der Waals surface area contributed by atoms with E-state index in [-0.39, 0.29) is 30.9 Å². The molecule has 1 aliphatic rings. The highest BCUT2D eigenvalue weighted by Gasteiger charge is 2.32. The first-order valence-corrected chi connectivity index (χ1v) is 9.13. The van der Waals surface area contributed by atoms with Crippen molar-refractivity contribution in [1.82, 2.24) is 15.5 Å². The quantitative estimate of drug-likeness (QED) is 0.797. The van der Waals surface area contributed by atoms with E-state index in [2.05, 4.69) is 10.6 Å². The highest BCUT2D eigenvalue weighted by molar-refractivity contribution is 7.07. The summed E-state index contributed by atoms with van der Waals surface area (Å²) in [5.74, 6) is -0.393. The van der Waals surface area contributed by atoms with E-state index in [9.17, 15) is 14.0 Å². The third kappa shape index (κ3) is 5.29. The lowest BCUT2D eigenvalue weighted by Gasteiger charge is -2.22. The summed E-state index contributed by atoms with van der Waals surface area (Å²) in [7, 11) is 0. The number of rotatable bonds is 7. The number of halogens is 1. The molecule has 0 saturated heterocycles. The van der Waals surface area contributed by atoms with Crippen LogP contribution < -0.4 is 10.6 Å². The first-order valence-electron chi connectivity index (χ1n) is 8.18. The lowest BCUT2D eigenvalue weighted by molar-refractivity contribution is -0.131. The molecule has 0 atom stereocenters. The number of thiophene rings is 1. The van der Waals surface area contributed by atoms with Gasteiger partial charge in [-0.15, -0.1) is 0 Å². The molecular formula is C18H20FN3O2S. The van der Waals surface area contributed by atoms with Crippen LogP contribution in [0.25, 0.3) is 0 Å². The highest BCUT2D eigenvalue weighted by Crippen LogP contribution is 2.28. The Morgan fingerprint density at radius 3 is 2.52 bits per heavy atom. The molecule has 1 aliphatic carbocycles. The third-order valence-electron chi connectivity index (χ3n) is 4.01. The summed E-state index contributed by atoms with van der Waals surface area (Å²) in [6.45, 7) is 0.837. The van der Waals surface area contributed by atoms with Crippen molar-refractivity contribution in [3.8, 4) is 0 Å². The van der Waals surface area contributed by atoms with E-state index in [0.29, 0.717) is 6.54 Å². The molecule has 1 heterocycles. The minimum Gasteiger partial charge on any atom is -0.334 e. The van der Waals surface area contributed by atoms with Gasteiger partial charge in [0.1, 0.15) is 5.82 Å². The van der Waals surface area contributed by atoms with Gasteiger partial charge in [0.2, 0.25) is 5.91 Å². The first-order chi connectivity index (χ1) is 12.1. The van der Waals surface area contributed by atoms with Crippen LogP contribution in [0, 0.1) is 5.82 Å². The zero-order valence-electron chi connectivity index (χ0n) is 13.7. The number of carbonyl (C=O) groups is 2. The van der Waals surface area contributed by atoms with Gasteiger partial charge in [-0.3, -0.25) is 4.79 Å². The molecule has 0 unspecified atom stereocenters. The van der Waals surface area contributed by atoms with Crippen molar-refractivity contribution in [1.29, 1.82) is 0 Å². The molecule has 132 valence electrons. The van der Waals surface area contributed by atoms with Gasteiger partial charge in [-0.1, -0.05) is 12.1 Å². The number of hydrogen-bond donors (Lipinski definition) is 2. The van der Waals surface area contributed by atoms with E-state index in [1.807, 2.05) is 21.7 Å². The number of carbonyl (C=O) groups excluding carboxylic acids is 2. The largest absolute Gasteiger partial charge is 0.334 e. The minimum absolute atomic E-state index is 0.0319. The van der Waals surface area contributed by atoms with Gasteiger partial charge in [-0.25, -0.2) is 9.18 Å². The molecule has 7 heteroatoms. The second kappa shape index (κ2) is 8.11. The molecule has 1 aromatic heterocycles. The maximum absolute atomic E-state index is 12.8. The smallest absolute Gasteiger partial charge is 0.315 e. The Bertz CT molecular complexity index is 714. The third-order valence-corrected chi connectivity index (χ3v) is 4.74. The Morgan fingerprint density at radius 2 is 1.88 bits per heavy atom. The van der Waals surface area contributed by atoms with Gasteiger partial charge in [0.25, 0.3) is 0 Å². The van der Waals surface area contributed by atoms with Gasteiger partial charge < -0.3 is 15.5 Å². The summed E-state index contributed by atoms with van der Waals surface area (Å²) in [4.78, 5) is 26.1. The van der Waals surface area contributed by atoms with Crippen LogP contribution in [0.15, 0.2) is 41.1 Å². The lowest BCUT2D eigenvalue weighted by atomic mass is 10.2. The maximum atomic E-state index is 12.8. The van der Waals surface area contributed by atoms with Crippen molar-refractivity contribution in [2.24, 2.45) is 0 Å². The molecule has 2 aromatic rings. The standard InChI is InChI=1S/C18H20FN3O2S/c19-15-3-1-13(2-4-15)9-20-18(24)21-10-17(23)22(16-5-6-16)11-14-7-8-25-12-14/h1-4,7-8,12,16H,5-6,9-11H2,(H2,20,21,24). The summed E-state index contributed by atoms with van der Waals surface area (Å²) >= 11 is 1.61. The van der Waals surface area contributed by atoms with Crippen LogP contribution in [0.5, 0.6) is 0 Å². The molecule has 0 aliphatic heterocycles. The van der Waals surface area contributed by atoms with Crippen molar-refractivity contribution in [3.05, 3.63) is 58.0 Å². The molecule has 3 rings (SSSR count). The zero-order chi connectivity index (χ0) is 17.6. The number of benzene rings is 1. The van der Waals surface area contributed by atoms with Crippen LogP contribution in [0.4, 0.5) is 9.18 Å². The Morgan fingerprint density at radius 1 is 1.12 bits per heavy atom. The average Bonchev–Trinajstić information content (AvgIpc) is 3.32. The fourth-order valence-corrected chi connectivity index (χ4v) is 3.15. The molecule has 2 N–H and O–H groups in total. The van der Waals surface area contributed by atoms with Crippen molar-refractivity contribution < 1.29 is 14.0 Å². The topological polar surface area (TPSA) is 61.4 Å².